The molecular weight excluding hydrogens is 226 g/mol. The number of carbonyl (C=O) groups is 2. The largest absolute Gasteiger partial charge is 0.467 e. The number of ether oxygens (including phenoxy) is 2. The summed E-state index contributed by atoms with van der Waals surface area (Å²) in [5.74, 6) is -0.905. The Morgan fingerprint density at radius 3 is 2.47 bits per heavy atom. The first-order valence-corrected chi connectivity index (χ1v) is 4.75. The molecule has 0 spiro atoms. The summed E-state index contributed by atoms with van der Waals surface area (Å²) in [4.78, 5) is 31.7. The second-order valence-corrected chi connectivity index (χ2v) is 3.16. The average Bonchev–Trinajstić information content (AvgIpc) is 2.35. The van der Waals surface area contributed by atoms with E-state index in [0.717, 1.165) is 0 Å². The minimum absolute atomic E-state index is 0.0166. The molecule has 0 saturated carbocycles. The number of hydrogen-bond donors (Lipinski definition) is 0. The van der Waals surface area contributed by atoms with Gasteiger partial charge in [0.05, 0.1) is 26.1 Å². The molecule has 7 nitrogen and oxygen atoms in total. The minimum Gasteiger partial charge on any atom is -0.467 e. The number of hydrogen-bond acceptors (Lipinski definition) is 6. The summed E-state index contributed by atoms with van der Waals surface area (Å²) in [5, 5.41) is 0. The SMILES string of the molecule is COC(=O)c1nc(OC)ncc1N(C)C(C)=O. The van der Waals surface area contributed by atoms with Crippen LogP contribution in [0.4, 0.5) is 5.69 Å². The average molecular weight is 239 g/mol. The second-order valence-electron chi connectivity index (χ2n) is 3.16. The van der Waals surface area contributed by atoms with Crippen molar-refractivity contribution in [3.8, 4) is 6.01 Å². The van der Waals surface area contributed by atoms with E-state index < -0.39 is 5.97 Å². The molecule has 0 aliphatic rings. The Balaban J connectivity index is 3.29. The number of rotatable bonds is 3. The van der Waals surface area contributed by atoms with E-state index in [1.54, 1.807) is 0 Å². The summed E-state index contributed by atoms with van der Waals surface area (Å²) in [5.41, 5.74) is 0.252. The fraction of sp³-hybridized carbons (Fsp3) is 0.400. The third-order valence-corrected chi connectivity index (χ3v) is 2.14. The predicted octanol–water partition coefficient (Wildman–Crippen LogP) is 0.254. The van der Waals surface area contributed by atoms with Gasteiger partial charge < -0.3 is 14.4 Å². The molecule has 0 fully saturated rings. The number of esters is 1. The van der Waals surface area contributed by atoms with Gasteiger partial charge in [-0.2, -0.15) is 4.98 Å². The first-order chi connectivity index (χ1) is 8.01. The number of anilines is 1. The standard InChI is InChI=1S/C10H13N3O4/c1-6(14)13(2)7-5-11-10(17-4)12-8(7)9(15)16-3/h5H,1-4H3. The summed E-state index contributed by atoms with van der Waals surface area (Å²) in [6, 6.07) is 0.0334. The smallest absolute Gasteiger partial charge is 0.359 e. The highest BCUT2D eigenvalue weighted by Gasteiger charge is 2.20. The van der Waals surface area contributed by atoms with Crippen molar-refractivity contribution in [2.24, 2.45) is 0 Å². The molecule has 17 heavy (non-hydrogen) atoms. The molecule has 0 radical (unpaired) electrons. The van der Waals surface area contributed by atoms with Crippen molar-refractivity contribution >= 4 is 17.6 Å². The maximum absolute atomic E-state index is 11.5. The molecular formula is C10H13N3O4. The number of amides is 1. The summed E-state index contributed by atoms with van der Waals surface area (Å²) < 4.78 is 9.39. The first kappa shape index (κ1) is 12.9. The van der Waals surface area contributed by atoms with E-state index in [2.05, 4.69) is 14.7 Å². The lowest BCUT2D eigenvalue weighted by Gasteiger charge is -2.16. The molecule has 0 saturated heterocycles. The molecule has 1 rings (SSSR count). The van der Waals surface area contributed by atoms with E-state index in [1.807, 2.05) is 0 Å². The molecule has 7 heteroatoms. The van der Waals surface area contributed by atoms with Gasteiger partial charge in [-0.15, -0.1) is 0 Å². The van der Waals surface area contributed by atoms with Crippen molar-refractivity contribution < 1.29 is 19.1 Å². The van der Waals surface area contributed by atoms with Gasteiger partial charge in [0.1, 0.15) is 0 Å². The first-order valence-electron chi connectivity index (χ1n) is 4.75. The maximum Gasteiger partial charge on any atom is 0.359 e. The van der Waals surface area contributed by atoms with Crippen LogP contribution in [0.1, 0.15) is 17.4 Å². The fourth-order valence-corrected chi connectivity index (χ4v) is 1.12. The van der Waals surface area contributed by atoms with E-state index in [4.69, 9.17) is 4.74 Å². The Bertz CT molecular complexity index is 447. The lowest BCUT2D eigenvalue weighted by atomic mass is 10.3. The topological polar surface area (TPSA) is 81.6 Å². The molecule has 1 amide bonds. The number of carbonyl (C=O) groups excluding carboxylic acids is 2. The van der Waals surface area contributed by atoms with E-state index >= 15 is 0 Å². The maximum atomic E-state index is 11.5. The van der Waals surface area contributed by atoms with Crippen molar-refractivity contribution in [1.29, 1.82) is 0 Å². The zero-order chi connectivity index (χ0) is 13.0. The third-order valence-electron chi connectivity index (χ3n) is 2.14. The number of nitrogens with zero attached hydrogens (tertiary/aromatic N) is 3. The number of methoxy groups -OCH3 is 2. The summed E-state index contributed by atoms with van der Waals surface area (Å²) in [6.07, 6.45) is 1.33. The fourth-order valence-electron chi connectivity index (χ4n) is 1.12. The summed E-state index contributed by atoms with van der Waals surface area (Å²) in [7, 11) is 4.12. The Morgan fingerprint density at radius 1 is 1.35 bits per heavy atom. The molecule has 1 aromatic rings. The molecule has 0 unspecified atom stereocenters. The van der Waals surface area contributed by atoms with Gasteiger partial charge in [0, 0.05) is 14.0 Å². The number of aromatic nitrogens is 2. The minimum atomic E-state index is -0.659. The molecule has 0 N–H and O–H groups in total. The van der Waals surface area contributed by atoms with Crippen LogP contribution in [0.2, 0.25) is 0 Å². The molecule has 0 atom stereocenters. The lowest BCUT2D eigenvalue weighted by molar-refractivity contribution is -0.116. The van der Waals surface area contributed by atoms with Crippen LogP contribution in [0.25, 0.3) is 0 Å². The van der Waals surface area contributed by atoms with Crippen LogP contribution in [0.15, 0.2) is 6.20 Å². The highest BCUT2D eigenvalue weighted by atomic mass is 16.5. The second kappa shape index (κ2) is 5.24. The normalized spacial score (nSPS) is 9.65. The van der Waals surface area contributed by atoms with Crippen LogP contribution in [-0.4, -0.2) is 43.1 Å². The van der Waals surface area contributed by atoms with Gasteiger partial charge in [0.25, 0.3) is 0 Å². The van der Waals surface area contributed by atoms with Crippen LogP contribution in [0.5, 0.6) is 6.01 Å². The van der Waals surface area contributed by atoms with Crippen molar-refractivity contribution in [2.75, 3.05) is 26.2 Å². The third kappa shape index (κ3) is 2.68. The monoisotopic (exact) mass is 239 g/mol. The molecule has 0 aromatic carbocycles. The lowest BCUT2D eigenvalue weighted by Crippen LogP contribution is -2.26. The van der Waals surface area contributed by atoms with Gasteiger partial charge in [-0.1, -0.05) is 0 Å². The molecule has 0 aliphatic heterocycles. The van der Waals surface area contributed by atoms with E-state index in [0.29, 0.717) is 0 Å². The van der Waals surface area contributed by atoms with Crippen LogP contribution in [-0.2, 0) is 9.53 Å². The van der Waals surface area contributed by atoms with Crippen molar-refractivity contribution in [1.82, 2.24) is 9.97 Å². The zero-order valence-corrected chi connectivity index (χ0v) is 10.1. The van der Waals surface area contributed by atoms with Gasteiger partial charge in [-0.3, -0.25) is 4.79 Å². The summed E-state index contributed by atoms with van der Waals surface area (Å²) >= 11 is 0. The Hall–Kier alpha value is -2.18. The van der Waals surface area contributed by atoms with E-state index in [9.17, 15) is 9.59 Å². The van der Waals surface area contributed by atoms with Crippen molar-refractivity contribution in [2.45, 2.75) is 6.92 Å². The molecule has 92 valence electrons. The Kier molecular flexibility index (Phi) is 3.97. The van der Waals surface area contributed by atoms with Crippen LogP contribution >= 0.6 is 0 Å². The summed E-state index contributed by atoms with van der Waals surface area (Å²) in [6.45, 7) is 1.37. The van der Waals surface area contributed by atoms with Gasteiger partial charge >= 0.3 is 12.0 Å². The quantitative estimate of drug-likeness (QED) is 0.703. The Morgan fingerprint density at radius 2 is 2.00 bits per heavy atom. The molecule has 0 aliphatic carbocycles. The van der Waals surface area contributed by atoms with Crippen molar-refractivity contribution in [3.63, 3.8) is 0 Å². The van der Waals surface area contributed by atoms with E-state index in [-0.39, 0.29) is 23.3 Å². The van der Waals surface area contributed by atoms with Gasteiger partial charge in [-0.25, -0.2) is 9.78 Å². The zero-order valence-electron chi connectivity index (χ0n) is 10.1. The van der Waals surface area contributed by atoms with Crippen LogP contribution in [0, 0.1) is 0 Å². The molecule has 1 aromatic heterocycles. The van der Waals surface area contributed by atoms with E-state index in [1.165, 1.54) is 39.3 Å². The highest BCUT2D eigenvalue weighted by Crippen LogP contribution is 2.19. The molecule has 0 bridgehead atoms. The van der Waals surface area contributed by atoms with Gasteiger partial charge in [-0.05, 0) is 0 Å². The van der Waals surface area contributed by atoms with Crippen LogP contribution in [0.3, 0.4) is 0 Å². The highest BCUT2D eigenvalue weighted by molar-refractivity contribution is 6.00. The molecule has 1 heterocycles. The van der Waals surface area contributed by atoms with Gasteiger partial charge in [0.15, 0.2) is 5.69 Å². The predicted molar refractivity (Wildman–Crippen MR) is 59.0 cm³/mol. The van der Waals surface area contributed by atoms with Gasteiger partial charge in [0.2, 0.25) is 5.91 Å². The Labute approximate surface area is 98.4 Å². The van der Waals surface area contributed by atoms with Crippen LogP contribution < -0.4 is 9.64 Å². The van der Waals surface area contributed by atoms with Crippen molar-refractivity contribution in [3.05, 3.63) is 11.9 Å².